The molecule has 0 unspecified atom stereocenters. The second-order valence-corrected chi connectivity index (χ2v) is 3.36. The first-order chi connectivity index (χ1) is 6.83. The van der Waals surface area contributed by atoms with Gasteiger partial charge in [-0.05, 0) is 19.3 Å². The van der Waals surface area contributed by atoms with Gasteiger partial charge in [-0.3, -0.25) is 0 Å². The van der Waals surface area contributed by atoms with Crippen LogP contribution in [0.2, 0.25) is 0 Å². The van der Waals surface area contributed by atoms with Crippen LogP contribution in [0.4, 0.5) is 4.79 Å². The number of aliphatic hydroxyl groups is 1. The Labute approximate surface area is 83.8 Å². The van der Waals surface area contributed by atoms with Crippen LogP contribution in [0.25, 0.3) is 0 Å². The van der Waals surface area contributed by atoms with E-state index in [1.807, 2.05) is 0 Å². The number of nitrogens with one attached hydrogen (secondary N) is 2. The number of urea groups is 1. The highest BCUT2D eigenvalue weighted by atomic mass is 16.5. The Morgan fingerprint density at radius 1 is 1.43 bits per heavy atom. The van der Waals surface area contributed by atoms with Gasteiger partial charge in [-0.15, -0.1) is 0 Å². The van der Waals surface area contributed by atoms with Crippen LogP contribution in [0.15, 0.2) is 0 Å². The Morgan fingerprint density at radius 2 is 2.21 bits per heavy atom. The van der Waals surface area contributed by atoms with Crippen LogP contribution in [-0.4, -0.2) is 43.5 Å². The molecule has 5 nitrogen and oxygen atoms in total. The predicted octanol–water partition coefficient (Wildman–Crippen LogP) is -0.153. The second kappa shape index (κ2) is 6.62. The van der Waals surface area contributed by atoms with Gasteiger partial charge in [0, 0.05) is 12.6 Å². The van der Waals surface area contributed by atoms with Crippen molar-refractivity contribution in [1.82, 2.24) is 10.6 Å². The van der Waals surface area contributed by atoms with Gasteiger partial charge in [-0.2, -0.15) is 0 Å². The summed E-state index contributed by atoms with van der Waals surface area (Å²) < 4.78 is 4.99. The number of amides is 2. The van der Waals surface area contributed by atoms with Gasteiger partial charge in [0.2, 0.25) is 0 Å². The van der Waals surface area contributed by atoms with Crippen molar-refractivity contribution in [2.75, 3.05) is 26.4 Å². The van der Waals surface area contributed by atoms with Crippen molar-refractivity contribution in [3.63, 3.8) is 0 Å². The van der Waals surface area contributed by atoms with Crippen molar-refractivity contribution in [1.29, 1.82) is 0 Å². The molecule has 3 N–H and O–H groups in total. The molecule has 0 heterocycles. The number of carbonyl (C=O) groups is 1. The topological polar surface area (TPSA) is 70.6 Å². The summed E-state index contributed by atoms with van der Waals surface area (Å²) in [5.74, 6) is 0. The van der Waals surface area contributed by atoms with Crippen molar-refractivity contribution in [3.8, 4) is 0 Å². The molecule has 1 aliphatic carbocycles. The molecule has 0 radical (unpaired) electrons. The van der Waals surface area contributed by atoms with Crippen LogP contribution in [0.5, 0.6) is 0 Å². The van der Waals surface area contributed by atoms with Gasteiger partial charge in [0.25, 0.3) is 0 Å². The monoisotopic (exact) mass is 202 g/mol. The first-order valence-corrected chi connectivity index (χ1v) is 5.06. The average molecular weight is 202 g/mol. The van der Waals surface area contributed by atoms with Gasteiger partial charge < -0.3 is 20.5 Å². The molecule has 0 aromatic carbocycles. The standard InChI is InChI=1S/C9H18N2O3/c12-5-7-14-6-4-10-9(13)11-8-2-1-3-8/h8,12H,1-7H2,(H2,10,11,13). The van der Waals surface area contributed by atoms with Crippen LogP contribution in [0.1, 0.15) is 19.3 Å². The largest absolute Gasteiger partial charge is 0.394 e. The summed E-state index contributed by atoms with van der Waals surface area (Å²) in [6.45, 7) is 1.28. The fourth-order valence-electron chi connectivity index (χ4n) is 1.19. The van der Waals surface area contributed by atoms with E-state index >= 15 is 0 Å². The highest BCUT2D eigenvalue weighted by molar-refractivity contribution is 5.74. The summed E-state index contributed by atoms with van der Waals surface area (Å²) in [4.78, 5) is 11.2. The molecule has 0 aromatic rings. The Balaban J connectivity index is 1.87. The Morgan fingerprint density at radius 3 is 2.79 bits per heavy atom. The van der Waals surface area contributed by atoms with Crippen LogP contribution in [0, 0.1) is 0 Å². The fraction of sp³-hybridized carbons (Fsp3) is 0.889. The van der Waals surface area contributed by atoms with Crippen molar-refractivity contribution in [2.45, 2.75) is 25.3 Å². The lowest BCUT2D eigenvalue weighted by Gasteiger charge is -2.26. The van der Waals surface area contributed by atoms with E-state index < -0.39 is 0 Å². The maximum Gasteiger partial charge on any atom is 0.315 e. The lowest BCUT2D eigenvalue weighted by atomic mass is 9.93. The lowest BCUT2D eigenvalue weighted by molar-refractivity contribution is 0.0945. The average Bonchev–Trinajstić information content (AvgIpc) is 2.11. The molecule has 0 aliphatic heterocycles. The number of hydrogen-bond acceptors (Lipinski definition) is 3. The first kappa shape index (κ1) is 11.3. The van der Waals surface area contributed by atoms with E-state index in [1.165, 1.54) is 6.42 Å². The number of hydrogen-bond donors (Lipinski definition) is 3. The Kier molecular flexibility index (Phi) is 5.32. The lowest BCUT2D eigenvalue weighted by Crippen LogP contribution is -2.45. The molecule has 0 spiro atoms. The van der Waals surface area contributed by atoms with Gasteiger partial charge in [0.1, 0.15) is 0 Å². The first-order valence-electron chi connectivity index (χ1n) is 5.06. The zero-order valence-electron chi connectivity index (χ0n) is 8.29. The Bertz CT molecular complexity index is 171. The van der Waals surface area contributed by atoms with Crippen LogP contribution in [-0.2, 0) is 4.74 Å². The summed E-state index contributed by atoms with van der Waals surface area (Å²) in [6.07, 6.45) is 3.40. The normalized spacial score (nSPS) is 16.1. The van der Waals surface area contributed by atoms with E-state index in [2.05, 4.69) is 10.6 Å². The summed E-state index contributed by atoms with van der Waals surface area (Å²) in [5.41, 5.74) is 0. The molecule has 1 aliphatic rings. The van der Waals surface area contributed by atoms with Gasteiger partial charge >= 0.3 is 6.03 Å². The summed E-state index contributed by atoms with van der Waals surface area (Å²) in [5, 5.41) is 13.9. The fourth-order valence-corrected chi connectivity index (χ4v) is 1.19. The minimum Gasteiger partial charge on any atom is -0.394 e. The van der Waals surface area contributed by atoms with E-state index in [9.17, 15) is 4.79 Å². The molecule has 1 fully saturated rings. The molecular formula is C9H18N2O3. The minimum absolute atomic E-state index is 0.0221. The number of ether oxygens (including phenoxy) is 1. The molecule has 2 amide bonds. The molecular weight excluding hydrogens is 184 g/mol. The van der Waals surface area contributed by atoms with Gasteiger partial charge in [-0.1, -0.05) is 0 Å². The minimum atomic E-state index is -0.123. The Hall–Kier alpha value is -0.810. The van der Waals surface area contributed by atoms with E-state index in [0.29, 0.717) is 25.8 Å². The third-order valence-corrected chi connectivity index (χ3v) is 2.21. The van der Waals surface area contributed by atoms with Crippen molar-refractivity contribution in [3.05, 3.63) is 0 Å². The van der Waals surface area contributed by atoms with Crippen molar-refractivity contribution in [2.24, 2.45) is 0 Å². The number of rotatable bonds is 6. The molecule has 0 atom stereocenters. The highest BCUT2D eigenvalue weighted by Gasteiger charge is 2.18. The molecule has 0 saturated heterocycles. The van der Waals surface area contributed by atoms with Crippen molar-refractivity contribution < 1.29 is 14.6 Å². The third-order valence-electron chi connectivity index (χ3n) is 2.21. The maximum atomic E-state index is 11.2. The van der Waals surface area contributed by atoms with Crippen LogP contribution >= 0.6 is 0 Å². The van der Waals surface area contributed by atoms with E-state index in [-0.39, 0.29) is 12.6 Å². The maximum absolute atomic E-state index is 11.2. The summed E-state index contributed by atoms with van der Waals surface area (Å²) in [7, 11) is 0. The number of aliphatic hydroxyl groups excluding tert-OH is 1. The van der Waals surface area contributed by atoms with E-state index in [4.69, 9.17) is 9.84 Å². The third kappa shape index (κ3) is 4.43. The highest BCUT2D eigenvalue weighted by Crippen LogP contribution is 2.17. The van der Waals surface area contributed by atoms with E-state index in [0.717, 1.165) is 12.8 Å². The summed E-state index contributed by atoms with van der Waals surface area (Å²) >= 11 is 0. The van der Waals surface area contributed by atoms with Crippen molar-refractivity contribution >= 4 is 6.03 Å². The van der Waals surface area contributed by atoms with E-state index in [1.54, 1.807) is 0 Å². The quantitative estimate of drug-likeness (QED) is 0.524. The summed E-state index contributed by atoms with van der Waals surface area (Å²) in [6, 6.07) is 0.246. The SMILES string of the molecule is O=C(NCCOCCO)NC1CCC1. The van der Waals surface area contributed by atoms with Crippen LogP contribution < -0.4 is 10.6 Å². The molecule has 5 heteroatoms. The molecule has 0 bridgehead atoms. The molecule has 0 aromatic heterocycles. The predicted molar refractivity (Wildman–Crippen MR) is 52.1 cm³/mol. The smallest absolute Gasteiger partial charge is 0.315 e. The van der Waals surface area contributed by atoms with Crippen LogP contribution in [0.3, 0.4) is 0 Å². The van der Waals surface area contributed by atoms with Gasteiger partial charge in [0.05, 0.1) is 19.8 Å². The molecule has 14 heavy (non-hydrogen) atoms. The zero-order valence-corrected chi connectivity index (χ0v) is 8.29. The number of carbonyl (C=O) groups excluding carboxylic acids is 1. The molecule has 82 valence electrons. The zero-order chi connectivity index (χ0) is 10.2. The molecule has 1 saturated carbocycles. The van der Waals surface area contributed by atoms with Gasteiger partial charge in [0.15, 0.2) is 0 Å². The molecule has 1 rings (SSSR count). The second-order valence-electron chi connectivity index (χ2n) is 3.36. The van der Waals surface area contributed by atoms with Gasteiger partial charge in [-0.25, -0.2) is 4.79 Å².